The average Bonchev–Trinajstić information content (AvgIpc) is 2.96. The van der Waals surface area contributed by atoms with Crippen molar-refractivity contribution in [2.75, 3.05) is 7.11 Å². The second-order valence-corrected chi connectivity index (χ2v) is 6.75. The van der Waals surface area contributed by atoms with E-state index in [-0.39, 0.29) is 12.3 Å². The summed E-state index contributed by atoms with van der Waals surface area (Å²) in [5, 5.41) is 13.9. The highest BCUT2D eigenvalue weighted by Crippen LogP contribution is 2.21. The minimum atomic E-state index is -1.10. The number of thiophene rings is 1. The van der Waals surface area contributed by atoms with Gasteiger partial charge in [-0.15, -0.1) is 11.3 Å². The van der Waals surface area contributed by atoms with Crippen molar-refractivity contribution in [1.82, 2.24) is 5.32 Å². The van der Waals surface area contributed by atoms with Crippen molar-refractivity contribution in [2.24, 2.45) is 0 Å². The number of carboxylic acids is 1. The molecule has 122 valence electrons. The number of nitrogens with one attached hydrogen (secondary N) is 1. The zero-order chi connectivity index (χ0) is 16.8. The Balaban J connectivity index is 1.97. The molecule has 1 aromatic carbocycles. The molecular formula is C16H16BrNO4S. The number of halogens is 1. The predicted octanol–water partition coefficient (Wildman–Crippen LogP) is 3.39. The van der Waals surface area contributed by atoms with Crippen LogP contribution in [0.25, 0.3) is 0 Å². The third-order valence-electron chi connectivity index (χ3n) is 3.22. The number of aliphatic carboxylic acids is 1. The SMILES string of the molecule is COc1ccc(C(NC(=O)CCc2cc(Br)cs2)C(=O)O)cc1. The minimum Gasteiger partial charge on any atom is -0.497 e. The number of rotatable bonds is 7. The molecule has 1 unspecified atom stereocenters. The Morgan fingerprint density at radius 3 is 2.57 bits per heavy atom. The van der Waals surface area contributed by atoms with Gasteiger partial charge in [0.15, 0.2) is 6.04 Å². The zero-order valence-corrected chi connectivity index (χ0v) is 14.8. The molecular weight excluding hydrogens is 382 g/mol. The van der Waals surface area contributed by atoms with Crippen molar-refractivity contribution in [3.63, 3.8) is 0 Å². The molecule has 0 aliphatic heterocycles. The van der Waals surface area contributed by atoms with Crippen molar-refractivity contribution >= 4 is 39.1 Å². The fourth-order valence-electron chi connectivity index (χ4n) is 2.04. The molecule has 0 aliphatic rings. The van der Waals surface area contributed by atoms with Crippen LogP contribution in [-0.2, 0) is 16.0 Å². The molecule has 0 aliphatic carbocycles. The highest BCUT2D eigenvalue weighted by atomic mass is 79.9. The maximum Gasteiger partial charge on any atom is 0.330 e. The molecule has 7 heteroatoms. The summed E-state index contributed by atoms with van der Waals surface area (Å²) < 4.78 is 6.03. The first kappa shape index (κ1) is 17.5. The number of benzene rings is 1. The molecule has 0 spiro atoms. The van der Waals surface area contributed by atoms with Crippen LogP contribution in [-0.4, -0.2) is 24.1 Å². The molecule has 2 aromatic rings. The second-order valence-electron chi connectivity index (χ2n) is 4.84. The Morgan fingerprint density at radius 1 is 1.35 bits per heavy atom. The maximum atomic E-state index is 12.0. The number of amides is 1. The van der Waals surface area contributed by atoms with Gasteiger partial charge in [-0.1, -0.05) is 12.1 Å². The molecule has 0 radical (unpaired) electrons. The molecule has 0 saturated carbocycles. The summed E-state index contributed by atoms with van der Waals surface area (Å²) in [7, 11) is 1.54. The number of methoxy groups -OCH3 is 1. The smallest absolute Gasteiger partial charge is 0.330 e. The Hall–Kier alpha value is -1.86. The van der Waals surface area contributed by atoms with Crippen molar-refractivity contribution in [3.05, 3.63) is 50.6 Å². The summed E-state index contributed by atoms with van der Waals surface area (Å²) in [5.41, 5.74) is 0.505. The van der Waals surface area contributed by atoms with Crippen LogP contribution in [0.3, 0.4) is 0 Å². The molecule has 5 nitrogen and oxygen atoms in total. The van der Waals surface area contributed by atoms with Crippen LogP contribution in [0.4, 0.5) is 0 Å². The van der Waals surface area contributed by atoms with E-state index in [1.54, 1.807) is 35.6 Å². The quantitative estimate of drug-likeness (QED) is 0.750. The Kier molecular flexibility index (Phi) is 6.18. The molecule has 1 atom stereocenters. The predicted molar refractivity (Wildman–Crippen MR) is 91.9 cm³/mol. The lowest BCUT2D eigenvalue weighted by molar-refractivity contribution is -0.142. The summed E-state index contributed by atoms with van der Waals surface area (Å²) in [5.74, 6) is -0.757. The Bertz CT molecular complexity index is 684. The first-order valence-electron chi connectivity index (χ1n) is 6.88. The molecule has 0 fully saturated rings. The van der Waals surface area contributed by atoms with Gasteiger partial charge in [0.05, 0.1) is 7.11 Å². The minimum absolute atomic E-state index is 0.243. The van der Waals surface area contributed by atoms with Crippen LogP contribution >= 0.6 is 27.3 Å². The van der Waals surface area contributed by atoms with E-state index in [0.717, 1.165) is 9.35 Å². The van der Waals surface area contributed by atoms with Crippen molar-refractivity contribution < 1.29 is 19.4 Å². The van der Waals surface area contributed by atoms with Gasteiger partial charge in [-0.05, 0) is 46.1 Å². The zero-order valence-electron chi connectivity index (χ0n) is 12.4. The van der Waals surface area contributed by atoms with Gasteiger partial charge in [0.25, 0.3) is 0 Å². The van der Waals surface area contributed by atoms with Gasteiger partial charge in [-0.3, -0.25) is 4.79 Å². The van der Waals surface area contributed by atoms with Gasteiger partial charge >= 0.3 is 5.97 Å². The van der Waals surface area contributed by atoms with Crippen molar-refractivity contribution in [3.8, 4) is 5.75 Å². The second kappa shape index (κ2) is 8.12. The van der Waals surface area contributed by atoms with E-state index in [4.69, 9.17) is 4.74 Å². The number of hydrogen-bond donors (Lipinski definition) is 2. The van der Waals surface area contributed by atoms with E-state index in [1.165, 1.54) is 7.11 Å². The van der Waals surface area contributed by atoms with Gasteiger partial charge in [0, 0.05) is 21.2 Å². The lowest BCUT2D eigenvalue weighted by Gasteiger charge is -2.15. The van der Waals surface area contributed by atoms with Gasteiger partial charge in [-0.25, -0.2) is 4.79 Å². The largest absolute Gasteiger partial charge is 0.497 e. The van der Waals surface area contributed by atoms with Gasteiger partial charge in [0.1, 0.15) is 5.75 Å². The summed E-state index contributed by atoms with van der Waals surface area (Å²) in [4.78, 5) is 24.5. The molecule has 1 aromatic heterocycles. The first-order chi connectivity index (χ1) is 11.0. The number of ether oxygens (including phenoxy) is 1. The van der Waals surface area contributed by atoms with E-state index < -0.39 is 12.0 Å². The van der Waals surface area contributed by atoms with E-state index in [1.807, 2.05) is 11.4 Å². The molecule has 23 heavy (non-hydrogen) atoms. The summed E-state index contributed by atoms with van der Waals surface area (Å²) in [6.07, 6.45) is 0.823. The molecule has 1 heterocycles. The van der Waals surface area contributed by atoms with E-state index in [2.05, 4.69) is 21.2 Å². The van der Waals surface area contributed by atoms with Crippen molar-refractivity contribution in [2.45, 2.75) is 18.9 Å². The topological polar surface area (TPSA) is 75.6 Å². The van der Waals surface area contributed by atoms with E-state index >= 15 is 0 Å². The molecule has 0 saturated heterocycles. The lowest BCUT2D eigenvalue weighted by atomic mass is 10.1. The molecule has 0 bridgehead atoms. The summed E-state index contributed by atoms with van der Waals surface area (Å²) >= 11 is 4.92. The van der Waals surface area contributed by atoms with E-state index in [9.17, 15) is 14.7 Å². The molecule has 2 rings (SSSR count). The van der Waals surface area contributed by atoms with Gasteiger partial charge in [0.2, 0.25) is 5.91 Å². The highest BCUT2D eigenvalue weighted by molar-refractivity contribution is 9.10. The third-order valence-corrected chi connectivity index (χ3v) is 4.98. The normalized spacial score (nSPS) is 11.7. The van der Waals surface area contributed by atoms with Crippen LogP contribution in [0.1, 0.15) is 22.9 Å². The van der Waals surface area contributed by atoms with Crippen LogP contribution in [0.2, 0.25) is 0 Å². The Labute approximate surface area is 146 Å². The average molecular weight is 398 g/mol. The summed E-state index contributed by atoms with van der Waals surface area (Å²) in [6.45, 7) is 0. The first-order valence-corrected chi connectivity index (χ1v) is 8.56. The lowest BCUT2D eigenvalue weighted by Crippen LogP contribution is -2.33. The van der Waals surface area contributed by atoms with Crippen LogP contribution in [0.15, 0.2) is 40.2 Å². The number of carbonyl (C=O) groups is 2. The maximum absolute atomic E-state index is 12.0. The van der Waals surface area contributed by atoms with E-state index in [0.29, 0.717) is 17.7 Å². The number of carbonyl (C=O) groups excluding carboxylic acids is 1. The van der Waals surface area contributed by atoms with Gasteiger partial charge in [-0.2, -0.15) is 0 Å². The van der Waals surface area contributed by atoms with Crippen molar-refractivity contribution in [1.29, 1.82) is 0 Å². The van der Waals surface area contributed by atoms with Crippen LogP contribution in [0, 0.1) is 0 Å². The fraction of sp³-hybridized carbons (Fsp3) is 0.250. The number of hydrogen-bond acceptors (Lipinski definition) is 4. The van der Waals surface area contributed by atoms with Crippen LogP contribution in [0.5, 0.6) is 5.75 Å². The molecule has 1 amide bonds. The Morgan fingerprint density at radius 2 is 2.04 bits per heavy atom. The van der Waals surface area contributed by atoms with Gasteiger partial charge < -0.3 is 15.2 Å². The highest BCUT2D eigenvalue weighted by Gasteiger charge is 2.22. The van der Waals surface area contributed by atoms with Crippen LogP contribution < -0.4 is 10.1 Å². The standard InChI is InChI=1S/C16H16BrNO4S/c1-22-12-4-2-10(3-5-12)15(16(20)21)18-14(19)7-6-13-8-11(17)9-23-13/h2-5,8-9,15H,6-7H2,1H3,(H,18,19)(H,20,21). The molecule has 2 N–H and O–H groups in total. The monoisotopic (exact) mass is 397 g/mol. The third kappa shape index (κ3) is 5.07. The summed E-state index contributed by atoms with van der Waals surface area (Å²) in [6, 6.07) is 7.49. The number of carboxylic acid groups (broad SMARTS) is 1. The fourth-order valence-corrected chi connectivity index (χ4v) is 3.49. The number of aryl methyl sites for hydroxylation is 1.